The van der Waals surface area contributed by atoms with Gasteiger partial charge in [-0.2, -0.15) is 0 Å². The van der Waals surface area contributed by atoms with Crippen LogP contribution in [0.5, 0.6) is 0 Å². The Morgan fingerprint density at radius 2 is 2.31 bits per heavy atom. The molecule has 0 aromatic heterocycles. The lowest BCUT2D eigenvalue weighted by molar-refractivity contribution is 0.656. The zero-order valence-corrected chi connectivity index (χ0v) is 11.2. The van der Waals surface area contributed by atoms with Crippen molar-refractivity contribution in [1.82, 2.24) is 5.32 Å². The molecule has 5 heteroatoms. The van der Waals surface area contributed by atoms with Crippen LogP contribution in [0.15, 0.2) is 23.2 Å². The molecule has 0 bridgehead atoms. The van der Waals surface area contributed by atoms with E-state index in [2.05, 4.69) is 10.3 Å². The molecule has 1 heterocycles. The van der Waals surface area contributed by atoms with E-state index in [1.54, 1.807) is 17.8 Å². The number of thioether (sulfide) groups is 1. The maximum atomic E-state index is 6.12. The maximum Gasteiger partial charge on any atom is 0.156 e. The predicted octanol–water partition coefficient (Wildman–Crippen LogP) is 3.23. The van der Waals surface area contributed by atoms with Gasteiger partial charge in [-0.1, -0.05) is 41.0 Å². The summed E-state index contributed by atoms with van der Waals surface area (Å²) in [7, 11) is 0. The molecule has 1 aliphatic rings. The Hall–Kier alpha value is -0.380. The van der Waals surface area contributed by atoms with Crippen LogP contribution in [0.25, 0.3) is 0 Å². The third kappa shape index (κ3) is 2.84. The van der Waals surface area contributed by atoms with Gasteiger partial charge in [0.2, 0.25) is 0 Å². The Kier molecular flexibility index (Phi) is 4.00. The average Bonchev–Trinajstić information content (AvgIpc) is 2.70. The quantitative estimate of drug-likeness (QED) is 0.896. The van der Waals surface area contributed by atoms with E-state index in [1.165, 1.54) is 0 Å². The number of rotatable bonds is 2. The molecule has 2 nitrogen and oxygen atoms in total. The van der Waals surface area contributed by atoms with Crippen LogP contribution in [0, 0.1) is 0 Å². The van der Waals surface area contributed by atoms with Gasteiger partial charge < -0.3 is 5.32 Å². The van der Waals surface area contributed by atoms with Gasteiger partial charge in [-0.25, -0.2) is 0 Å². The lowest BCUT2D eigenvalue weighted by Gasteiger charge is -2.12. The molecular formula is C11H12Cl2N2S. The summed E-state index contributed by atoms with van der Waals surface area (Å²) in [6.45, 7) is 0.815. The summed E-state index contributed by atoms with van der Waals surface area (Å²) < 4.78 is 0. The van der Waals surface area contributed by atoms with Crippen LogP contribution >= 0.6 is 35.0 Å². The maximum absolute atomic E-state index is 6.12. The van der Waals surface area contributed by atoms with Crippen molar-refractivity contribution in [2.45, 2.75) is 12.5 Å². The molecule has 1 unspecified atom stereocenters. The minimum Gasteiger partial charge on any atom is -0.360 e. The molecule has 16 heavy (non-hydrogen) atoms. The smallest absolute Gasteiger partial charge is 0.156 e. The van der Waals surface area contributed by atoms with Gasteiger partial charge in [0.25, 0.3) is 0 Å². The van der Waals surface area contributed by atoms with Crippen molar-refractivity contribution < 1.29 is 0 Å². The third-order valence-corrected chi connectivity index (χ3v) is 3.68. The monoisotopic (exact) mass is 274 g/mol. The van der Waals surface area contributed by atoms with Crippen molar-refractivity contribution in [1.29, 1.82) is 0 Å². The Morgan fingerprint density at radius 3 is 2.94 bits per heavy atom. The van der Waals surface area contributed by atoms with Crippen molar-refractivity contribution in [3.63, 3.8) is 0 Å². The van der Waals surface area contributed by atoms with Gasteiger partial charge >= 0.3 is 0 Å². The van der Waals surface area contributed by atoms with Gasteiger partial charge in [-0.15, -0.1) is 0 Å². The average molecular weight is 275 g/mol. The topological polar surface area (TPSA) is 24.4 Å². The second-order valence-electron chi connectivity index (χ2n) is 3.63. The van der Waals surface area contributed by atoms with Crippen molar-refractivity contribution in [3.05, 3.63) is 33.8 Å². The number of hydrogen-bond acceptors (Lipinski definition) is 3. The molecule has 1 atom stereocenters. The highest BCUT2D eigenvalue weighted by molar-refractivity contribution is 8.13. The summed E-state index contributed by atoms with van der Waals surface area (Å²) >= 11 is 13.6. The number of aliphatic imine (C=N–C) groups is 1. The van der Waals surface area contributed by atoms with Crippen molar-refractivity contribution in [3.8, 4) is 0 Å². The van der Waals surface area contributed by atoms with Gasteiger partial charge in [-0.3, -0.25) is 4.99 Å². The molecule has 0 saturated heterocycles. The lowest BCUT2D eigenvalue weighted by Crippen LogP contribution is -2.30. The number of amidine groups is 1. The Morgan fingerprint density at radius 1 is 1.50 bits per heavy atom. The Bertz CT molecular complexity index is 420. The van der Waals surface area contributed by atoms with Gasteiger partial charge in [0.1, 0.15) is 0 Å². The van der Waals surface area contributed by atoms with Crippen LogP contribution < -0.4 is 5.32 Å². The van der Waals surface area contributed by atoms with E-state index in [-0.39, 0.29) is 0 Å². The number of hydrogen-bond donors (Lipinski definition) is 1. The van der Waals surface area contributed by atoms with Crippen LogP contribution in [-0.4, -0.2) is 24.0 Å². The van der Waals surface area contributed by atoms with Gasteiger partial charge in [0, 0.05) is 10.0 Å². The number of halogens is 2. The van der Waals surface area contributed by atoms with Crippen molar-refractivity contribution >= 4 is 40.1 Å². The Labute approximate surface area is 109 Å². The molecule has 86 valence electrons. The normalized spacial score (nSPS) is 19.4. The van der Waals surface area contributed by atoms with E-state index >= 15 is 0 Å². The third-order valence-electron chi connectivity index (χ3n) is 2.46. The first-order valence-corrected chi connectivity index (χ1v) is 6.96. The molecule has 0 spiro atoms. The largest absolute Gasteiger partial charge is 0.360 e. The summed E-state index contributed by atoms with van der Waals surface area (Å²) in [5.41, 5.74) is 1.11. The van der Waals surface area contributed by atoms with Crippen molar-refractivity contribution in [2.75, 3.05) is 12.8 Å². The van der Waals surface area contributed by atoms with Crippen molar-refractivity contribution in [2.24, 2.45) is 4.99 Å². The molecule has 1 aromatic carbocycles. The fourth-order valence-corrected chi connectivity index (χ4v) is 2.62. The van der Waals surface area contributed by atoms with Crippen LogP contribution in [-0.2, 0) is 6.42 Å². The van der Waals surface area contributed by atoms with Gasteiger partial charge in [0.05, 0.1) is 12.6 Å². The molecule has 0 aliphatic carbocycles. The van der Waals surface area contributed by atoms with Crippen LogP contribution in [0.4, 0.5) is 0 Å². The highest BCUT2D eigenvalue weighted by Gasteiger charge is 2.17. The summed E-state index contributed by atoms with van der Waals surface area (Å²) in [4.78, 5) is 4.38. The highest BCUT2D eigenvalue weighted by Crippen LogP contribution is 2.23. The molecule has 2 rings (SSSR count). The van der Waals surface area contributed by atoms with E-state index in [0.29, 0.717) is 11.1 Å². The standard InChI is InChI=1S/C11H12Cl2N2S/c1-16-11-14-6-9(15-11)4-7-2-3-8(12)5-10(7)13/h2-3,5,9H,4,6H2,1H3,(H,14,15). The minimum atomic E-state index is 0.348. The molecule has 0 saturated carbocycles. The zero-order valence-electron chi connectivity index (χ0n) is 8.84. The number of benzene rings is 1. The first kappa shape index (κ1) is 12.1. The molecule has 0 fully saturated rings. The summed E-state index contributed by atoms with van der Waals surface area (Å²) in [6, 6.07) is 5.97. The fraction of sp³-hybridized carbons (Fsp3) is 0.364. The van der Waals surface area contributed by atoms with E-state index in [9.17, 15) is 0 Å². The first-order chi connectivity index (χ1) is 7.69. The molecule has 0 radical (unpaired) electrons. The summed E-state index contributed by atoms with van der Waals surface area (Å²) in [6.07, 6.45) is 2.90. The minimum absolute atomic E-state index is 0.348. The predicted molar refractivity (Wildman–Crippen MR) is 72.9 cm³/mol. The highest BCUT2D eigenvalue weighted by atomic mass is 35.5. The van der Waals surface area contributed by atoms with E-state index < -0.39 is 0 Å². The molecule has 1 aromatic rings. The van der Waals surface area contributed by atoms with E-state index in [1.807, 2.05) is 18.4 Å². The molecular weight excluding hydrogens is 263 g/mol. The molecule has 1 aliphatic heterocycles. The lowest BCUT2D eigenvalue weighted by atomic mass is 10.1. The van der Waals surface area contributed by atoms with Crippen LogP contribution in [0.1, 0.15) is 5.56 Å². The van der Waals surface area contributed by atoms with E-state index in [4.69, 9.17) is 23.2 Å². The second-order valence-corrected chi connectivity index (χ2v) is 5.27. The summed E-state index contributed by atoms with van der Waals surface area (Å²) in [5.74, 6) is 0. The number of nitrogens with zero attached hydrogens (tertiary/aromatic N) is 1. The fourth-order valence-electron chi connectivity index (χ4n) is 1.65. The van der Waals surface area contributed by atoms with Gasteiger partial charge in [-0.05, 0) is 30.4 Å². The van der Waals surface area contributed by atoms with E-state index in [0.717, 1.165) is 28.7 Å². The second kappa shape index (κ2) is 5.30. The Balaban J connectivity index is 2.00. The SMILES string of the molecule is CSC1=NCC(Cc2ccc(Cl)cc2Cl)N1. The zero-order chi connectivity index (χ0) is 11.5. The molecule has 1 N–H and O–H groups in total. The van der Waals surface area contributed by atoms with Crippen LogP contribution in [0.2, 0.25) is 10.0 Å². The van der Waals surface area contributed by atoms with Crippen LogP contribution in [0.3, 0.4) is 0 Å². The number of nitrogens with one attached hydrogen (secondary N) is 1. The molecule has 0 amide bonds. The van der Waals surface area contributed by atoms with Gasteiger partial charge in [0.15, 0.2) is 5.17 Å². The summed E-state index contributed by atoms with van der Waals surface area (Å²) in [5, 5.41) is 5.77. The first-order valence-electron chi connectivity index (χ1n) is 4.98.